The van der Waals surface area contributed by atoms with E-state index in [1.807, 2.05) is 36.7 Å². The van der Waals surface area contributed by atoms with Crippen molar-refractivity contribution in [2.45, 2.75) is 65.1 Å². The van der Waals surface area contributed by atoms with Crippen molar-refractivity contribution in [3.05, 3.63) is 42.2 Å². The van der Waals surface area contributed by atoms with Crippen LogP contribution in [0.15, 0.2) is 36.7 Å². The maximum Gasteiger partial charge on any atom is 0.494 e. The largest absolute Gasteiger partial charge is 0.494 e. The number of benzene rings is 1. The fourth-order valence-electron chi connectivity index (χ4n) is 3.91. The molecule has 2 aliphatic rings. The van der Waals surface area contributed by atoms with Gasteiger partial charge in [0.05, 0.1) is 17.8 Å². The van der Waals surface area contributed by atoms with Gasteiger partial charge in [0, 0.05) is 25.5 Å². The van der Waals surface area contributed by atoms with Crippen molar-refractivity contribution >= 4 is 18.5 Å². The third-order valence-electron chi connectivity index (χ3n) is 6.89. The zero-order chi connectivity index (χ0) is 22.1. The van der Waals surface area contributed by atoms with Gasteiger partial charge in [-0.1, -0.05) is 19.1 Å². The number of piperidine rings is 1. The van der Waals surface area contributed by atoms with Gasteiger partial charge in [0.2, 0.25) is 5.95 Å². The van der Waals surface area contributed by atoms with Crippen LogP contribution in [-0.4, -0.2) is 48.0 Å². The Labute approximate surface area is 186 Å². The average Bonchev–Trinajstić information content (AvgIpc) is 3.00. The number of hydrogen-bond donors (Lipinski definition) is 0. The second-order valence-corrected chi connectivity index (χ2v) is 9.64. The van der Waals surface area contributed by atoms with Crippen LogP contribution < -0.4 is 15.1 Å². The normalized spacial score (nSPS) is 20.8. The summed E-state index contributed by atoms with van der Waals surface area (Å²) in [5.74, 6) is 2.28. The smallest absolute Gasteiger partial charge is 0.493 e. The van der Waals surface area contributed by atoms with E-state index in [9.17, 15) is 0 Å². The maximum absolute atomic E-state index is 6.13. The molecule has 166 valence electrons. The molecule has 0 radical (unpaired) electrons. The molecule has 0 N–H and O–H groups in total. The predicted molar refractivity (Wildman–Crippen MR) is 124 cm³/mol. The summed E-state index contributed by atoms with van der Waals surface area (Å²) < 4.78 is 18.3. The third-order valence-corrected chi connectivity index (χ3v) is 6.89. The van der Waals surface area contributed by atoms with Crippen molar-refractivity contribution in [1.29, 1.82) is 0 Å². The van der Waals surface area contributed by atoms with Crippen LogP contribution in [-0.2, 0) is 15.7 Å². The Kier molecular flexibility index (Phi) is 6.26. The molecule has 6 nitrogen and oxygen atoms in total. The lowest BCUT2D eigenvalue weighted by Crippen LogP contribution is -2.41. The van der Waals surface area contributed by atoms with Crippen LogP contribution in [0.5, 0.6) is 5.75 Å². The molecule has 0 bridgehead atoms. The van der Waals surface area contributed by atoms with Gasteiger partial charge in [-0.15, -0.1) is 0 Å². The van der Waals surface area contributed by atoms with Crippen LogP contribution in [0, 0.1) is 5.92 Å². The van der Waals surface area contributed by atoms with Gasteiger partial charge in [0.25, 0.3) is 0 Å². The molecule has 0 saturated carbocycles. The Balaban J connectivity index is 1.25. The minimum Gasteiger partial charge on any atom is -0.493 e. The van der Waals surface area contributed by atoms with Crippen LogP contribution in [0.1, 0.15) is 53.0 Å². The zero-order valence-corrected chi connectivity index (χ0v) is 19.4. The molecule has 2 saturated heterocycles. The first kappa shape index (κ1) is 22.1. The molecule has 1 aromatic carbocycles. The maximum atomic E-state index is 6.13. The summed E-state index contributed by atoms with van der Waals surface area (Å²) >= 11 is 0. The molecule has 2 aromatic rings. The Morgan fingerprint density at radius 3 is 2.13 bits per heavy atom. The molecule has 1 aromatic heterocycles. The van der Waals surface area contributed by atoms with Gasteiger partial charge >= 0.3 is 7.12 Å². The van der Waals surface area contributed by atoms with E-state index in [4.69, 9.17) is 14.0 Å². The molecule has 2 fully saturated rings. The summed E-state index contributed by atoms with van der Waals surface area (Å²) in [6.07, 6.45) is 7.02. The first-order valence-electron chi connectivity index (χ1n) is 11.4. The van der Waals surface area contributed by atoms with Crippen molar-refractivity contribution in [3.63, 3.8) is 0 Å². The average molecular weight is 423 g/mol. The van der Waals surface area contributed by atoms with Crippen molar-refractivity contribution in [3.8, 4) is 5.75 Å². The molecule has 7 heteroatoms. The Morgan fingerprint density at radius 2 is 1.58 bits per heavy atom. The summed E-state index contributed by atoms with van der Waals surface area (Å²) in [5.41, 5.74) is 1.54. The number of aryl methyl sites for hydroxylation is 1. The zero-order valence-electron chi connectivity index (χ0n) is 19.4. The lowest BCUT2D eigenvalue weighted by Gasteiger charge is -2.32. The fourth-order valence-corrected chi connectivity index (χ4v) is 3.91. The van der Waals surface area contributed by atoms with E-state index >= 15 is 0 Å². The minimum atomic E-state index is -0.336. The van der Waals surface area contributed by atoms with Crippen LogP contribution in [0.25, 0.3) is 0 Å². The SMILES string of the molecule is CCc1cnc(N2CCC(COc3ccc(B4OC(C)(C)C(C)(C)O4)cc3)CC2)nc1. The molecule has 2 aliphatic heterocycles. The summed E-state index contributed by atoms with van der Waals surface area (Å²) in [4.78, 5) is 11.3. The van der Waals surface area contributed by atoms with Crippen LogP contribution in [0.3, 0.4) is 0 Å². The number of aromatic nitrogens is 2. The third kappa shape index (κ3) is 4.88. The van der Waals surface area contributed by atoms with Gasteiger partial charge < -0.3 is 18.9 Å². The molecule has 0 spiro atoms. The Bertz CT molecular complexity index is 847. The molecule has 0 unspecified atom stereocenters. The number of ether oxygens (including phenoxy) is 1. The van der Waals surface area contributed by atoms with Crippen molar-refractivity contribution in [2.75, 3.05) is 24.6 Å². The van der Waals surface area contributed by atoms with Gasteiger partial charge in [-0.3, -0.25) is 0 Å². The number of nitrogens with zero attached hydrogens (tertiary/aromatic N) is 3. The minimum absolute atomic E-state index is 0.329. The first-order valence-corrected chi connectivity index (χ1v) is 11.4. The highest BCUT2D eigenvalue weighted by Gasteiger charge is 2.51. The Hall–Kier alpha value is -2.12. The second kappa shape index (κ2) is 8.79. The summed E-state index contributed by atoms with van der Waals surface area (Å²) in [7, 11) is -0.336. The number of hydrogen-bond acceptors (Lipinski definition) is 6. The predicted octanol–water partition coefficient (Wildman–Crippen LogP) is 3.63. The summed E-state index contributed by atoms with van der Waals surface area (Å²) in [5, 5.41) is 0. The van der Waals surface area contributed by atoms with Crippen LogP contribution >= 0.6 is 0 Å². The van der Waals surface area contributed by atoms with Gasteiger partial charge in [0.1, 0.15) is 5.75 Å². The summed E-state index contributed by atoms with van der Waals surface area (Å²) in [6, 6.07) is 8.10. The van der Waals surface area contributed by atoms with Gasteiger partial charge in [-0.05, 0) is 76.0 Å². The number of anilines is 1. The second-order valence-electron chi connectivity index (χ2n) is 9.64. The lowest BCUT2D eigenvalue weighted by atomic mass is 9.79. The highest BCUT2D eigenvalue weighted by atomic mass is 16.7. The Morgan fingerprint density at radius 1 is 1.00 bits per heavy atom. The molecule has 31 heavy (non-hydrogen) atoms. The monoisotopic (exact) mass is 423 g/mol. The van der Waals surface area contributed by atoms with E-state index in [2.05, 4.69) is 49.5 Å². The molecular weight excluding hydrogens is 389 g/mol. The van der Waals surface area contributed by atoms with Crippen molar-refractivity contribution in [2.24, 2.45) is 5.92 Å². The molecule has 3 heterocycles. The molecule has 0 aliphatic carbocycles. The standard InChI is InChI=1S/C24H34BN3O3/c1-6-18-15-26-22(27-16-18)28-13-11-19(12-14-28)17-29-21-9-7-20(8-10-21)25-30-23(2,3)24(4,5)31-25/h7-10,15-16,19H,6,11-14,17H2,1-5H3. The van der Waals surface area contributed by atoms with E-state index in [1.165, 1.54) is 5.56 Å². The van der Waals surface area contributed by atoms with Gasteiger partial charge in [-0.2, -0.15) is 0 Å². The first-order chi connectivity index (χ1) is 14.8. The van der Waals surface area contributed by atoms with E-state index in [0.29, 0.717) is 5.92 Å². The molecular formula is C24H34BN3O3. The van der Waals surface area contributed by atoms with E-state index < -0.39 is 0 Å². The molecule has 4 rings (SSSR count). The van der Waals surface area contributed by atoms with Gasteiger partial charge in [-0.25, -0.2) is 9.97 Å². The lowest BCUT2D eigenvalue weighted by molar-refractivity contribution is 0.00578. The van der Waals surface area contributed by atoms with E-state index in [0.717, 1.165) is 56.1 Å². The van der Waals surface area contributed by atoms with Crippen LogP contribution in [0.4, 0.5) is 5.95 Å². The van der Waals surface area contributed by atoms with Gasteiger partial charge in [0.15, 0.2) is 0 Å². The van der Waals surface area contributed by atoms with E-state index in [1.54, 1.807) is 0 Å². The van der Waals surface area contributed by atoms with E-state index in [-0.39, 0.29) is 18.3 Å². The highest BCUT2D eigenvalue weighted by molar-refractivity contribution is 6.62. The topological polar surface area (TPSA) is 56.7 Å². The van der Waals surface area contributed by atoms with Crippen molar-refractivity contribution < 1.29 is 14.0 Å². The fraction of sp³-hybridized carbons (Fsp3) is 0.583. The number of rotatable bonds is 6. The highest BCUT2D eigenvalue weighted by Crippen LogP contribution is 2.36. The molecule has 0 amide bonds. The van der Waals surface area contributed by atoms with Crippen LogP contribution in [0.2, 0.25) is 0 Å². The quantitative estimate of drug-likeness (QED) is 0.662. The molecule has 0 atom stereocenters. The van der Waals surface area contributed by atoms with Crippen molar-refractivity contribution in [1.82, 2.24) is 9.97 Å². The summed E-state index contributed by atoms with van der Waals surface area (Å²) in [6.45, 7) is 13.1.